The number of allylic oxidation sites excluding steroid dienone is 1. The molecule has 0 radical (unpaired) electrons. The molecule has 0 bridgehead atoms. The number of piperidine rings is 1. The fourth-order valence-electron chi connectivity index (χ4n) is 5.18. The fourth-order valence-corrected chi connectivity index (χ4v) is 5.18. The number of carbonyl (C=O) groups is 1. The molecule has 0 aliphatic carbocycles. The maximum Gasteiger partial charge on any atom is 0.228 e. The number of aromatic amines is 1. The molecule has 2 aliphatic heterocycles. The summed E-state index contributed by atoms with van der Waals surface area (Å²) in [5, 5.41) is 0. The molecule has 0 amide bonds. The monoisotopic (exact) mass is 466 g/mol. The first-order chi connectivity index (χ1) is 16.9. The van der Waals surface area contributed by atoms with E-state index in [-0.39, 0.29) is 5.78 Å². The van der Waals surface area contributed by atoms with Gasteiger partial charge in [0.15, 0.2) is 11.5 Å². The van der Waals surface area contributed by atoms with Crippen molar-refractivity contribution in [3.8, 4) is 0 Å². The lowest BCUT2D eigenvalue weighted by Gasteiger charge is -2.36. The summed E-state index contributed by atoms with van der Waals surface area (Å²) in [5.74, 6) is 0.130. The predicted octanol–water partition coefficient (Wildman–Crippen LogP) is 5.12. The van der Waals surface area contributed by atoms with Gasteiger partial charge in [-0.05, 0) is 75.7 Å². The Hall–Kier alpha value is -3.76. The molecule has 7 nitrogen and oxygen atoms in total. The zero-order valence-corrected chi connectivity index (χ0v) is 20.7. The Balaban J connectivity index is 1.43. The molecule has 2 aliphatic rings. The van der Waals surface area contributed by atoms with Crippen molar-refractivity contribution in [2.24, 2.45) is 4.99 Å². The van der Waals surface area contributed by atoms with Gasteiger partial charge >= 0.3 is 0 Å². The molecule has 35 heavy (non-hydrogen) atoms. The van der Waals surface area contributed by atoms with Crippen molar-refractivity contribution in [1.29, 1.82) is 0 Å². The molecule has 178 valence electrons. The van der Waals surface area contributed by atoms with E-state index in [9.17, 15) is 4.79 Å². The van der Waals surface area contributed by atoms with E-state index in [0.717, 1.165) is 65.1 Å². The number of anilines is 1. The molecular formula is C28H30N6O. The number of aromatic nitrogens is 2. The molecule has 1 fully saturated rings. The van der Waals surface area contributed by atoms with Crippen molar-refractivity contribution in [3.63, 3.8) is 0 Å². The normalized spacial score (nSPS) is 16.8. The van der Waals surface area contributed by atoms with Crippen LogP contribution in [0, 0.1) is 6.57 Å². The summed E-state index contributed by atoms with van der Waals surface area (Å²) in [6.07, 6.45) is 2.28. The van der Waals surface area contributed by atoms with Gasteiger partial charge in [0.2, 0.25) is 5.78 Å². The summed E-state index contributed by atoms with van der Waals surface area (Å²) in [6, 6.07) is 12.0. The third kappa shape index (κ3) is 4.26. The van der Waals surface area contributed by atoms with E-state index < -0.39 is 0 Å². The molecule has 5 rings (SSSR count). The lowest BCUT2D eigenvalue weighted by Crippen LogP contribution is -2.41. The maximum absolute atomic E-state index is 13.4. The number of H-pyrrole nitrogens is 1. The first kappa shape index (κ1) is 23.0. The minimum atomic E-state index is -0.182. The molecular weight excluding hydrogens is 436 g/mol. The fraction of sp³-hybridized carbons (Fsp3) is 0.357. The highest BCUT2D eigenvalue weighted by molar-refractivity contribution is 6.26. The molecule has 0 spiro atoms. The smallest absolute Gasteiger partial charge is 0.228 e. The molecule has 3 aromatic rings. The van der Waals surface area contributed by atoms with Gasteiger partial charge in [0.25, 0.3) is 0 Å². The van der Waals surface area contributed by atoms with Crippen LogP contribution in [0.4, 0.5) is 11.4 Å². The zero-order chi connectivity index (χ0) is 24.7. The number of nitrogens with one attached hydrogen (secondary N) is 1. The van der Waals surface area contributed by atoms with Crippen molar-refractivity contribution in [3.05, 3.63) is 70.3 Å². The Bertz CT molecular complexity index is 1410. The van der Waals surface area contributed by atoms with Crippen LogP contribution in [-0.4, -0.2) is 66.1 Å². The third-order valence-electron chi connectivity index (χ3n) is 7.23. The highest BCUT2D eigenvalue weighted by Gasteiger charge is 2.23. The number of carbonyl (C=O) groups excluding carboxylic acids is 1. The van der Waals surface area contributed by atoms with Gasteiger partial charge in [-0.2, -0.15) is 0 Å². The van der Waals surface area contributed by atoms with Crippen LogP contribution in [0.15, 0.2) is 47.0 Å². The Labute approximate surface area is 206 Å². The van der Waals surface area contributed by atoms with Crippen molar-refractivity contribution < 1.29 is 4.79 Å². The second-order valence-corrected chi connectivity index (χ2v) is 9.70. The third-order valence-corrected chi connectivity index (χ3v) is 7.23. The quantitative estimate of drug-likeness (QED) is 0.418. The number of imidazole rings is 1. The lowest BCUT2D eigenvalue weighted by atomic mass is 9.94. The summed E-state index contributed by atoms with van der Waals surface area (Å²) in [4.78, 5) is 34.1. The second-order valence-electron chi connectivity index (χ2n) is 9.70. The van der Waals surface area contributed by atoms with E-state index in [1.165, 1.54) is 0 Å². The van der Waals surface area contributed by atoms with Crippen molar-refractivity contribution >= 4 is 39.5 Å². The molecule has 2 aromatic carbocycles. The van der Waals surface area contributed by atoms with Crippen molar-refractivity contribution in [2.45, 2.75) is 32.7 Å². The zero-order valence-electron chi connectivity index (χ0n) is 20.7. The van der Waals surface area contributed by atoms with E-state index in [2.05, 4.69) is 55.8 Å². The van der Waals surface area contributed by atoms with Gasteiger partial charge < -0.3 is 14.8 Å². The van der Waals surface area contributed by atoms with Crippen LogP contribution in [0.25, 0.3) is 21.5 Å². The number of aliphatic imine (C=N–C) groups is 1. The van der Waals surface area contributed by atoms with Crippen molar-refractivity contribution in [2.75, 3.05) is 38.6 Å². The average Bonchev–Trinajstić information content (AvgIpc) is 3.45. The average molecular weight is 467 g/mol. The van der Waals surface area contributed by atoms with E-state index >= 15 is 0 Å². The molecule has 3 heterocycles. The lowest BCUT2D eigenvalue weighted by molar-refractivity contribution is 0.103. The number of hydrogen-bond donors (Lipinski definition) is 1. The topological polar surface area (TPSA) is 69.0 Å². The molecule has 7 heteroatoms. The van der Waals surface area contributed by atoms with Crippen LogP contribution >= 0.6 is 0 Å². The molecule has 0 atom stereocenters. The van der Waals surface area contributed by atoms with Gasteiger partial charge in [0.05, 0.1) is 24.2 Å². The SMILES string of the molecule is [C-]#[N+]c1ccc(C(=O)c2nc3ccc(N4CCC(N(C)C)CC4)cc3[nH]2)cc1C1=C(C)CN=C1C. The van der Waals surface area contributed by atoms with Crippen LogP contribution in [0.3, 0.4) is 0 Å². The van der Waals surface area contributed by atoms with E-state index in [1.807, 2.05) is 26.0 Å². The molecule has 0 saturated carbocycles. The van der Waals surface area contributed by atoms with Crippen LogP contribution in [0.5, 0.6) is 0 Å². The minimum Gasteiger partial charge on any atom is -0.371 e. The number of hydrogen-bond acceptors (Lipinski definition) is 5. The highest BCUT2D eigenvalue weighted by atomic mass is 16.1. The highest BCUT2D eigenvalue weighted by Crippen LogP contribution is 2.34. The van der Waals surface area contributed by atoms with Gasteiger partial charge in [0.1, 0.15) is 0 Å². The predicted molar refractivity (Wildman–Crippen MR) is 142 cm³/mol. The second kappa shape index (κ2) is 9.12. The first-order valence-electron chi connectivity index (χ1n) is 12.0. The van der Waals surface area contributed by atoms with Gasteiger partial charge in [-0.1, -0.05) is 18.2 Å². The Morgan fingerprint density at radius 2 is 1.91 bits per heavy atom. The first-order valence-corrected chi connectivity index (χ1v) is 12.0. The van der Waals surface area contributed by atoms with E-state index in [0.29, 0.717) is 29.7 Å². The minimum absolute atomic E-state index is 0.182. The number of nitrogens with zero attached hydrogens (tertiary/aromatic N) is 5. The van der Waals surface area contributed by atoms with E-state index in [4.69, 9.17) is 6.57 Å². The Morgan fingerprint density at radius 3 is 2.57 bits per heavy atom. The summed E-state index contributed by atoms with van der Waals surface area (Å²) in [5.41, 5.74) is 7.58. The number of ketones is 1. The standard InChI is InChI=1S/C28H30N6O/c1-17-16-30-18(2)26(17)22-14-19(6-8-23(22)29-3)27(35)28-31-24-9-7-21(15-25(24)32-28)34-12-10-20(11-13-34)33(4)5/h6-9,14-15,20H,10-13,16H2,1-2,4-5H3,(H,31,32). The van der Waals surface area contributed by atoms with Gasteiger partial charge in [-0.25, -0.2) is 9.83 Å². The summed E-state index contributed by atoms with van der Waals surface area (Å²) in [7, 11) is 4.29. The van der Waals surface area contributed by atoms with Gasteiger partial charge in [-0.15, -0.1) is 0 Å². The summed E-state index contributed by atoms with van der Waals surface area (Å²) >= 11 is 0. The Kier molecular flexibility index (Phi) is 6.00. The van der Waals surface area contributed by atoms with Gasteiger partial charge in [0, 0.05) is 36.1 Å². The van der Waals surface area contributed by atoms with E-state index in [1.54, 1.807) is 12.1 Å². The number of fused-ring (bicyclic) bond motifs is 1. The molecule has 1 saturated heterocycles. The maximum atomic E-state index is 13.4. The number of benzene rings is 2. The molecule has 0 unspecified atom stereocenters. The van der Waals surface area contributed by atoms with Crippen LogP contribution < -0.4 is 4.90 Å². The van der Waals surface area contributed by atoms with Crippen LogP contribution in [-0.2, 0) is 0 Å². The summed E-state index contributed by atoms with van der Waals surface area (Å²) < 4.78 is 0. The van der Waals surface area contributed by atoms with Gasteiger partial charge in [-0.3, -0.25) is 9.79 Å². The van der Waals surface area contributed by atoms with Crippen molar-refractivity contribution in [1.82, 2.24) is 14.9 Å². The molecule has 1 aromatic heterocycles. The largest absolute Gasteiger partial charge is 0.371 e. The Morgan fingerprint density at radius 1 is 1.14 bits per heavy atom. The summed E-state index contributed by atoms with van der Waals surface area (Å²) in [6.45, 7) is 14.2. The number of rotatable bonds is 5. The molecule has 1 N–H and O–H groups in total. The van der Waals surface area contributed by atoms with Crippen LogP contribution in [0.1, 0.15) is 48.4 Å². The van der Waals surface area contributed by atoms with Crippen LogP contribution in [0.2, 0.25) is 0 Å².